The number of nitrogens with zero attached hydrogens (tertiary/aromatic N) is 2. The molecule has 2 heterocycles. The van der Waals surface area contributed by atoms with Crippen molar-refractivity contribution in [1.82, 2.24) is 15.8 Å². The molecule has 0 radical (unpaired) electrons. The molecule has 1 aromatic heterocycles. The van der Waals surface area contributed by atoms with Crippen LogP contribution in [0.4, 0.5) is 0 Å². The Balaban J connectivity index is 0.00000240. The first-order valence-electron chi connectivity index (χ1n) is 10.3. The van der Waals surface area contributed by atoms with E-state index in [0.717, 1.165) is 55.4 Å². The number of fused-ring (bicyclic) bond motifs is 1. The van der Waals surface area contributed by atoms with Crippen LogP contribution in [0.3, 0.4) is 0 Å². The number of rotatable bonds is 4. The van der Waals surface area contributed by atoms with E-state index in [-0.39, 0.29) is 35.6 Å². The third-order valence-electron chi connectivity index (χ3n) is 6.10. The number of hydrogen-bond donors (Lipinski definition) is 2. The van der Waals surface area contributed by atoms with Crippen LogP contribution in [0.25, 0.3) is 0 Å². The summed E-state index contributed by atoms with van der Waals surface area (Å²) in [5.74, 6) is 2.73. The summed E-state index contributed by atoms with van der Waals surface area (Å²) in [7, 11) is 1.82. The largest absolute Gasteiger partial charge is 0.487 e. The maximum atomic E-state index is 6.46. The Morgan fingerprint density at radius 3 is 2.69 bits per heavy atom. The molecule has 7 heteroatoms. The molecule has 1 atom stereocenters. The second-order valence-corrected chi connectivity index (χ2v) is 7.98. The summed E-state index contributed by atoms with van der Waals surface area (Å²) in [5, 5.41) is 11.1. The molecule has 29 heavy (non-hydrogen) atoms. The number of hydrogen-bond acceptors (Lipinski definition) is 4. The zero-order valence-electron chi connectivity index (χ0n) is 17.5. The lowest BCUT2D eigenvalue weighted by atomic mass is 9.86. The quantitative estimate of drug-likeness (QED) is 0.361. The molecule has 2 aromatic rings. The normalized spacial score (nSPS) is 20.0. The summed E-state index contributed by atoms with van der Waals surface area (Å²) in [5.41, 5.74) is 3.32. The Bertz CT molecular complexity index is 839. The molecule has 1 spiro atoms. The fraction of sp³-hybridized carbons (Fsp3) is 0.545. The van der Waals surface area contributed by atoms with Gasteiger partial charge >= 0.3 is 0 Å². The number of aryl methyl sites for hydroxylation is 2. The van der Waals surface area contributed by atoms with E-state index in [1.54, 1.807) is 0 Å². The van der Waals surface area contributed by atoms with Gasteiger partial charge in [0.25, 0.3) is 0 Å². The lowest BCUT2D eigenvalue weighted by Crippen LogP contribution is -2.47. The zero-order valence-corrected chi connectivity index (χ0v) is 19.8. The van der Waals surface area contributed by atoms with Crippen molar-refractivity contribution in [3.63, 3.8) is 0 Å². The van der Waals surface area contributed by atoms with Gasteiger partial charge in [0, 0.05) is 31.1 Å². The fourth-order valence-electron chi connectivity index (χ4n) is 4.60. The van der Waals surface area contributed by atoms with Crippen LogP contribution in [0, 0.1) is 13.8 Å². The number of nitrogens with one attached hydrogen (secondary N) is 2. The standard InChI is InChI=1S/C22H30N4O2.HI/c1-15-17(16(2)28-26-15)10-13-24-21(23-3)25-19-14-22(11-6-7-12-22)27-20-9-5-4-8-18(19)20;/h4-5,8-9,19H,6-7,10-14H2,1-3H3,(H2,23,24,25);1H. The van der Waals surface area contributed by atoms with Crippen LogP contribution in [-0.4, -0.2) is 30.3 Å². The van der Waals surface area contributed by atoms with Crippen molar-refractivity contribution in [3.8, 4) is 5.75 Å². The van der Waals surface area contributed by atoms with Gasteiger partial charge in [-0.15, -0.1) is 24.0 Å². The van der Waals surface area contributed by atoms with Crippen LogP contribution in [-0.2, 0) is 6.42 Å². The Labute approximate surface area is 189 Å². The molecule has 158 valence electrons. The fourth-order valence-corrected chi connectivity index (χ4v) is 4.60. The van der Waals surface area contributed by atoms with E-state index in [0.29, 0.717) is 0 Å². The van der Waals surface area contributed by atoms with Crippen LogP contribution in [0.15, 0.2) is 33.8 Å². The molecule has 1 aromatic carbocycles. The topological polar surface area (TPSA) is 71.7 Å². The molecule has 1 fully saturated rings. The van der Waals surface area contributed by atoms with Gasteiger partial charge in [-0.05, 0) is 52.0 Å². The number of guanidine groups is 1. The second-order valence-electron chi connectivity index (χ2n) is 7.98. The monoisotopic (exact) mass is 510 g/mol. The highest BCUT2D eigenvalue weighted by Crippen LogP contribution is 2.46. The lowest BCUT2D eigenvalue weighted by molar-refractivity contribution is 0.0396. The molecule has 0 amide bonds. The Kier molecular flexibility index (Phi) is 7.08. The van der Waals surface area contributed by atoms with E-state index in [4.69, 9.17) is 9.26 Å². The van der Waals surface area contributed by atoms with Crippen LogP contribution in [0.5, 0.6) is 5.75 Å². The minimum absolute atomic E-state index is 0. The van der Waals surface area contributed by atoms with Crippen LogP contribution < -0.4 is 15.4 Å². The first-order chi connectivity index (χ1) is 13.6. The van der Waals surface area contributed by atoms with Gasteiger partial charge < -0.3 is 19.9 Å². The molecule has 6 nitrogen and oxygen atoms in total. The predicted octanol–water partition coefficient (Wildman–Crippen LogP) is 4.45. The highest BCUT2D eigenvalue weighted by molar-refractivity contribution is 14.0. The zero-order chi connectivity index (χ0) is 19.6. The van der Waals surface area contributed by atoms with Crippen molar-refractivity contribution < 1.29 is 9.26 Å². The highest BCUT2D eigenvalue weighted by Gasteiger charge is 2.43. The highest BCUT2D eigenvalue weighted by atomic mass is 127. The van der Waals surface area contributed by atoms with Gasteiger partial charge in [0.2, 0.25) is 0 Å². The Hall–Kier alpha value is -1.77. The van der Waals surface area contributed by atoms with Gasteiger partial charge in [0.1, 0.15) is 17.1 Å². The third-order valence-corrected chi connectivity index (χ3v) is 6.10. The smallest absolute Gasteiger partial charge is 0.191 e. The van der Waals surface area contributed by atoms with Gasteiger partial charge in [-0.3, -0.25) is 4.99 Å². The molecule has 2 aliphatic rings. The molecule has 0 saturated heterocycles. The minimum Gasteiger partial charge on any atom is -0.487 e. The van der Waals surface area contributed by atoms with Gasteiger partial charge in [0.15, 0.2) is 5.96 Å². The number of ether oxygens (including phenoxy) is 1. The summed E-state index contributed by atoms with van der Waals surface area (Å²) in [6.07, 6.45) is 6.61. The predicted molar refractivity (Wildman–Crippen MR) is 125 cm³/mol. The molecule has 4 rings (SSSR count). The summed E-state index contributed by atoms with van der Waals surface area (Å²) in [4.78, 5) is 4.45. The van der Waals surface area contributed by atoms with E-state index in [9.17, 15) is 0 Å². The number of para-hydroxylation sites is 1. The average Bonchev–Trinajstić information content (AvgIpc) is 3.28. The number of aliphatic imine (C=N–C) groups is 1. The van der Waals surface area contributed by atoms with Gasteiger partial charge in [-0.1, -0.05) is 23.4 Å². The first-order valence-corrected chi connectivity index (χ1v) is 10.3. The SMILES string of the molecule is CN=C(NCCc1c(C)noc1C)NC1CC2(CCCC2)Oc2ccccc21.I. The Morgan fingerprint density at radius 1 is 1.24 bits per heavy atom. The molecule has 0 bridgehead atoms. The van der Waals surface area contributed by atoms with Crippen molar-refractivity contribution in [2.75, 3.05) is 13.6 Å². The van der Waals surface area contributed by atoms with Gasteiger partial charge in [0.05, 0.1) is 11.7 Å². The van der Waals surface area contributed by atoms with Crippen LogP contribution in [0.1, 0.15) is 60.7 Å². The van der Waals surface area contributed by atoms with Crippen molar-refractivity contribution >= 4 is 29.9 Å². The molecule has 1 aliphatic carbocycles. The minimum atomic E-state index is -0.0262. The maximum Gasteiger partial charge on any atom is 0.191 e. The number of aromatic nitrogens is 1. The van der Waals surface area contributed by atoms with Gasteiger partial charge in [-0.25, -0.2) is 0 Å². The number of benzene rings is 1. The third kappa shape index (κ3) is 4.70. The number of halogens is 1. The lowest BCUT2D eigenvalue weighted by Gasteiger charge is -2.40. The van der Waals surface area contributed by atoms with E-state index in [1.807, 2.05) is 20.9 Å². The van der Waals surface area contributed by atoms with Crippen molar-refractivity contribution in [2.45, 2.75) is 64.0 Å². The molecular formula is C22H31IN4O2. The summed E-state index contributed by atoms with van der Waals surface area (Å²) in [6.45, 7) is 4.72. The second kappa shape index (κ2) is 9.36. The molecule has 1 aliphatic heterocycles. The molecular weight excluding hydrogens is 479 g/mol. The van der Waals surface area contributed by atoms with Gasteiger partial charge in [-0.2, -0.15) is 0 Å². The molecule has 1 saturated carbocycles. The Morgan fingerprint density at radius 2 is 2.00 bits per heavy atom. The summed E-state index contributed by atoms with van der Waals surface area (Å²) < 4.78 is 11.7. The first kappa shape index (κ1) is 21.9. The maximum absolute atomic E-state index is 6.46. The van der Waals surface area contributed by atoms with E-state index >= 15 is 0 Å². The summed E-state index contributed by atoms with van der Waals surface area (Å²) in [6, 6.07) is 8.59. The van der Waals surface area contributed by atoms with Crippen molar-refractivity contribution in [2.24, 2.45) is 4.99 Å². The van der Waals surface area contributed by atoms with E-state index in [2.05, 4.69) is 45.0 Å². The van der Waals surface area contributed by atoms with Crippen molar-refractivity contribution in [3.05, 3.63) is 46.8 Å². The molecule has 2 N–H and O–H groups in total. The van der Waals surface area contributed by atoms with E-state index in [1.165, 1.54) is 24.0 Å². The average molecular weight is 510 g/mol. The molecule has 1 unspecified atom stereocenters. The van der Waals surface area contributed by atoms with Crippen LogP contribution >= 0.6 is 24.0 Å². The van der Waals surface area contributed by atoms with E-state index < -0.39 is 0 Å². The van der Waals surface area contributed by atoms with Crippen molar-refractivity contribution in [1.29, 1.82) is 0 Å². The van der Waals surface area contributed by atoms with Crippen LogP contribution in [0.2, 0.25) is 0 Å². The summed E-state index contributed by atoms with van der Waals surface area (Å²) >= 11 is 0.